The average molecular weight is 445 g/mol. The summed E-state index contributed by atoms with van der Waals surface area (Å²) in [4.78, 5) is 39.1. The zero-order chi connectivity index (χ0) is 23.4. The molecule has 0 aromatic heterocycles. The third kappa shape index (κ3) is 4.90. The number of rotatable bonds is 7. The number of ether oxygens (including phenoxy) is 1. The van der Waals surface area contributed by atoms with Crippen LogP contribution in [0.5, 0.6) is 0 Å². The van der Waals surface area contributed by atoms with E-state index >= 15 is 0 Å². The Hall–Kier alpha value is -3.67. The molecule has 0 saturated heterocycles. The summed E-state index contributed by atoms with van der Waals surface area (Å²) in [6.45, 7) is 2.66. The van der Waals surface area contributed by atoms with Gasteiger partial charge < -0.3 is 15.0 Å². The number of carbonyl (C=O) groups excluding carboxylic acids is 3. The molecule has 1 N–H and O–H groups in total. The first-order chi connectivity index (χ1) is 16.0. The normalized spacial score (nSPS) is 13.5. The smallest absolute Gasteiger partial charge is 0.310 e. The summed E-state index contributed by atoms with van der Waals surface area (Å²) >= 11 is 0. The lowest BCUT2D eigenvalue weighted by atomic mass is 9.97. The van der Waals surface area contributed by atoms with E-state index in [1.54, 1.807) is 11.0 Å². The lowest BCUT2D eigenvalue weighted by molar-refractivity contribution is -0.145. The van der Waals surface area contributed by atoms with Crippen molar-refractivity contribution in [2.45, 2.75) is 26.2 Å². The standard InChI is InChI=1S/C27H28N2O4/c1-3-25(30)29-13-12-21-16-22(10-11-24(21)29)26(31)28-17-23(27(32)33-2)15-18-8-9-19-6-4-5-7-20(19)14-18/h4-11,14,16,23H,3,12-13,15,17H2,1-2H3,(H,28,31). The SMILES string of the molecule is CCC(=O)N1CCc2cc(C(=O)NCC(Cc3ccc4ccccc4c3)C(=O)OC)ccc21. The van der Waals surface area contributed by atoms with Gasteiger partial charge in [-0.1, -0.05) is 49.4 Å². The molecule has 6 heteroatoms. The number of anilines is 1. The van der Waals surface area contributed by atoms with Crippen molar-refractivity contribution in [2.24, 2.45) is 5.92 Å². The van der Waals surface area contributed by atoms with E-state index in [0.717, 1.165) is 34.0 Å². The largest absolute Gasteiger partial charge is 0.469 e. The zero-order valence-corrected chi connectivity index (χ0v) is 19.0. The average Bonchev–Trinajstić information content (AvgIpc) is 3.28. The Morgan fingerprint density at radius 2 is 1.82 bits per heavy atom. The van der Waals surface area contributed by atoms with Crippen molar-refractivity contribution in [1.82, 2.24) is 5.32 Å². The molecule has 1 aliphatic rings. The van der Waals surface area contributed by atoms with Gasteiger partial charge in [-0.3, -0.25) is 14.4 Å². The number of fused-ring (bicyclic) bond motifs is 2. The lowest BCUT2D eigenvalue weighted by Gasteiger charge is -2.17. The molecule has 3 aromatic carbocycles. The second-order valence-corrected chi connectivity index (χ2v) is 8.31. The number of nitrogens with zero attached hydrogens (tertiary/aromatic N) is 1. The van der Waals surface area contributed by atoms with Crippen LogP contribution >= 0.6 is 0 Å². The van der Waals surface area contributed by atoms with Crippen LogP contribution in [0.15, 0.2) is 60.7 Å². The van der Waals surface area contributed by atoms with Crippen molar-refractivity contribution < 1.29 is 19.1 Å². The van der Waals surface area contributed by atoms with E-state index in [2.05, 4.69) is 11.4 Å². The maximum atomic E-state index is 12.8. The number of methoxy groups -OCH3 is 1. The van der Waals surface area contributed by atoms with E-state index in [1.807, 2.05) is 55.5 Å². The summed E-state index contributed by atoms with van der Waals surface area (Å²) in [6, 6.07) is 19.6. The molecule has 0 radical (unpaired) electrons. The third-order valence-corrected chi connectivity index (χ3v) is 6.18. The maximum Gasteiger partial charge on any atom is 0.310 e. The van der Waals surface area contributed by atoms with Crippen molar-refractivity contribution in [1.29, 1.82) is 0 Å². The molecule has 1 atom stereocenters. The van der Waals surface area contributed by atoms with Crippen molar-refractivity contribution >= 4 is 34.2 Å². The Balaban J connectivity index is 1.44. The lowest BCUT2D eigenvalue weighted by Crippen LogP contribution is -2.34. The minimum atomic E-state index is -0.493. The highest BCUT2D eigenvalue weighted by Gasteiger charge is 2.25. The molecule has 0 bridgehead atoms. The first-order valence-corrected chi connectivity index (χ1v) is 11.3. The van der Waals surface area contributed by atoms with Crippen LogP contribution in [0.25, 0.3) is 10.8 Å². The second-order valence-electron chi connectivity index (χ2n) is 8.31. The maximum absolute atomic E-state index is 12.8. The van der Waals surface area contributed by atoms with Crippen LogP contribution in [-0.4, -0.2) is 38.0 Å². The molecule has 0 saturated carbocycles. The third-order valence-electron chi connectivity index (χ3n) is 6.18. The summed E-state index contributed by atoms with van der Waals surface area (Å²) in [5.74, 6) is -1.01. The fraction of sp³-hybridized carbons (Fsp3) is 0.296. The predicted molar refractivity (Wildman–Crippen MR) is 128 cm³/mol. The number of benzene rings is 3. The van der Waals surface area contributed by atoms with Crippen LogP contribution in [0.4, 0.5) is 5.69 Å². The van der Waals surface area contributed by atoms with Crippen LogP contribution in [0.1, 0.15) is 34.8 Å². The second kappa shape index (κ2) is 9.86. The number of amides is 2. The zero-order valence-electron chi connectivity index (χ0n) is 19.0. The number of hydrogen-bond acceptors (Lipinski definition) is 4. The van der Waals surface area contributed by atoms with Crippen molar-refractivity contribution in [3.8, 4) is 0 Å². The molecular weight excluding hydrogens is 416 g/mol. The summed E-state index contributed by atoms with van der Waals surface area (Å²) in [7, 11) is 1.36. The summed E-state index contributed by atoms with van der Waals surface area (Å²) in [5, 5.41) is 5.13. The van der Waals surface area contributed by atoms with Crippen molar-refractivity contribution in [3.63, 3.8) is 0 Å². The molecule has 1 heterocycles. The molecule has 0 fully saturated rings. The van der Waals surface area contributed by atoms with Gasteiger partial charge in [-0.05, 0) is 52.9 Å². The molecule has 2 amide bonds. The van der Waals surface area contributed by atoms with E-state index in [9.17, 15) is 14.4 Å². The van der Waals surface area contributed by atoms with E-state index in [1.165, 1.54) is 7.11 Å². The van der Waals surface area contributed by atoms with Gasteiger partial charge in [0.05, 0.1) is 13.0 Å². The monoisotopic (exact) mass is 444 g/mol. The highest BCUT2D eigenvalue weighted by molar-refractivity contribution is 5.98. The van der Waals surface area contributed by atoms with Gasteiger partial charge in [-0.15, -0.1) is 0 Å². The van der Waals surface area contributed by atoms with Gasteiger partial charge in [0.2, 0.25) is 5.91 Å². The quantitative estimate of drug-likeness (QED) is 0.561. The highest BCUT2D eigenvalue weighted by Crippen LogP contribution is 2.29. The van der Waals surface area contributed by atoms with Gasteiger partial charge in [-0.2, -0.15) is 0 Å². The van der Waals surface area contributed by atoms with Crippen molar-refractivity contribution in [3.05, 3.63) is 77.4 Å². The van der Waals surface area contributed by atoms with Crippen LogP contribution in [0, 0.1) is 5.92 Å². The number of carbonyl (C=O) groups is 3. The molecule has 6 nitrogen and oxygen atoms in total. The van der Waals surface area contributed by atoms with Crippen LogP contribution in [0.3, 0.4) is 0 Å². The molecule has 1 unspecified atom stereocenters. The Morgan fingerprint density at radius 1 is 1.03 bits per heavy atom. The number of hydrogen-bond donors (Lipinski definition) is 1. The van der Waals surface area contributed by atoms with E-state index in [0.29, 0.717) is 24.9 Å². The van der Waals surface area contributed by atoms with Crippen molar-refractivity contribution in [2.75, 3.05) is 25.1 Å². The van der Waals surface area contributed by atoms with Gasteiger partial charge in [0.1, 0.15) is 0 Å². The Kier molecular flexibility index (Phi) is 6.73. The van der Waals surface area contributed by atoms with Crippen LogP contribution in [0.2, 0.25) is 0 Å². The molecule has 0 aliphatic carbocycles. The summed E-state index contributed by atoms with van der Waals surface area (Å²) < 4.78 is 4.99. The van der Waals surface area contributed by atoms with Gasteiger partial charge in [-0.25, -0.2) is 0 Å². The van der Waals surface area contributed by atoms with E-state index < -0.39 is 5.92 Å². The molecule has 0 spiro atoms. The minimum Gasteiger partial charge on any atom is -0.469 e. The molecule has 3 aromatic rings. The summed E-state index contributed by atoms with van der Waals surface area (Å²) in [5.41, 5.74) is 3.40. The van der Waals surface area contributed by atoms with E-state index in [4.69, 9.17) is 4.74 Å². The Morgan fingerprint density at radius 3 is 2.58 bits per heavy atom. The first kappa shape index (κ1) is 22.5. The van der Waals surface area contributed by atoms with Gasteiger partial charge in [0, 0.05) is 30.8 Å². The molecular formula is C27H28N2O4. The summed E-state index contributed by atoms with van der Waals surface area (Å²) in [6.07, 6.45) is 1.65. The van der Waals surface area contributed by atoms with Crippen LogP contribution < -0.4 is 10.2 Å². The minimum absolute atomic E-state index is 0.0839. The predicted octanol–water partition coefficient (Wildman–Crippen LogP) is 3.90. The van der Waals surface area contributed by atoms with Gasteiger partial charge >= 0.3 is 5.97 Å². The molecule has 33 heavy (non-hydrogen) atoms. The fourth-order valence-corrected chi connectivity index (χ4v) is 4.37. The number of esters is 1. The topological polar surface area (TPSA) is 75.7 Å². The Bertz CT molecular complexity index is 1200. The number of nitrogens with one attached hydrogen (secondary N) is 1. The van der Waals surface area contributed by atoms with E-state index in [-0.39, 0.29) is 24.3 Å². The fourth-order valence-electron chi connectivity index (χ4n) is 4.37. The molecule has 4 rings (SSSR count). The highest BCUT2D eigenvalue weighted by atomic mass is 16.5. The van der Waals surface area contributed by atoms with Crippen LogP contribution in [-0.2, 0) is 27.2 Å². The first-order valence-electron chi connectivity index (χ1n) is 11.3. The van der Waals surface area contributed by atoms with Gasteiger partial charge in [0.25, 0.3) is 5.91 Å². The molecule has 170 valence electrons. The molecule has 1 aliphatic heterocycles. The Labute approximate surface area is 193 Å². The van der Waals surface area contributed by atoms with Gasteiger partial charge in [0.15, 0.2) is 0 Å².